The van der Waals surface area contributed by atoms with Crippen molar-refractivity contribution in [1.29, 1.82) is 0 Å². The molecule has 11 heavy (non-hydrogen) atoms. The van der Waals surface area contributed by atoms with Gasteiger partial charge in [-0.2, -0.15) is 5.06 Å². The Morgan fingerprint density at radius 2 is 2.45 bits per heavy atom. The molecule has 0 spiro atoms. The lowest BCUT2D eigenvalue weighted by molar-refractivity contribution is -0.151. The van der Waals surface area contributed by atoms with Gasteiger partial charge in [0.1, 0.15) is 0 Å². The van der Waals surface area contributed by atoms with Crippen molar-refractivity contribution >= 4 is 5.91 Å². The minimum atomic E-state index is -0.190. The quantitative estimate of drug-likeness (QED) is 0.526. The van der Waals surface area contributed by atoms with Gasteiger partial charge in [-0.05, 0) is 12.5 Å². The Hall–Kier alpha value is -1.09. The van der Waals surface area contributed by atoms with Crippen LogP contribution in [0.2, 0.25) is 0 Å². The van der Waals surface area contributed by atoms with Gasteiger partial charge in [0.05, 0.1) is 5.70 Å². The standard InChI is InChI=1S/C8H9NO2/c10-8-5-6-3-1-2-4-7(6)9(8)11/h1-2,4,6,11H,3,5H2. The lowest BCUT2D eigenvalue weighted by atomic mass is 9.97. The molecule has 0 bridgehead atoms. The highest BCUT2D eigenvalue weighted by atomic mass is 16.5. The Morgan fingerprint density at radius 1 is 1.64 bits per heavy atom. The summed E-state index contributed by atoms with van der Waals surface area (Å²) in [5, 5.41) is 9.95. The Bertz CT molecular complexity index is 255. The average Bonchev–Trinajstić information content (AvgIpc) is 2.30. The van der Waals surface area contributed by atoms with Gasteiger partial charge in [-0.1, -0.05) is 12.2 Å². The van der Waals surface area contributed by atoms with Crippen LogP contribution in [-0.2, 0) is 4.79 Å². The van der Waals surface area contributed by atoms with Crippen LogP contribution in [0.5, 0.6) is 0 Å². The number of amides is 1. The second-order valence-corrected chi connectivity index (χ2v) is 2.86. The van der Waals surface area contributed by atoms with Crippen molar-refractivity contribution in [2.75, 3.05) is 0 Å². The third-order valence-corrected chi connectivity index (χ3v) is 2.14. The molecule has 58 valence electrons. The fourth-order valence-electron chi connectivity index (χ4n) is 1.54. The van der Waals surface area contributed by atoms with Gasteiger partial charge in [0.2, 0.25) is 0 Å². The zero-order valence-electron chi connectivity index (χ0n) is 6.03. The molecule has 1 aliphatic heterocycles. The first-order valence-electron chi connectivity index (χ1n) is 3.67. The number of hydrogen-bond acceptors (Lipinski definition) is 2. The summed E-state index contributed by atoms with van der Waals surface area (Å²) >= 11 is 0. The van der Waals surface area contributed by atoms with E-state index in [0.717, 1.165) is 17.2 Å². The van der Waals surface area contributed by atoms with Crippen LogP contribution >= 0.6 is 0 Å². The van der Waals surface area contributed by atoms with E-state index in [2.05, 4.69) is 0 Å². The molecule has 1 N–H and O–H groups in total. The van der Waals surface area contributed by atoms with Gasteiger partial charge in [0.15, 0.2) is 0 Å². The highest BCUT2D eigenvalue weighted by Crippen LogP contribution is 2.32. The summed E-state index contributed by atoms with van der Waals surface area (Å²) in [7, 11) is 0. The second kappa shape index (κ2) is 2.20. The van der Waals surface area contributed by atoms with Crippen LogP contribution in [0, 0.1) is 5.92 Å². The Morgan fingerprint density at radius 3 is 3.18 bits per heavy atom. The van der Waals surface area contributed by atoms with Crippen molar-refractivity contribution in [2.45, 2.75) is 12.8 Å². The van der Waals surface area contributed by atoms with E-state index in [0.29, 0.717) is 6.42 Å². The molecule has 1 saturated heterocycles. The summed E-state index contributed by atoms with van der Waals surface area (Å²) in [6.07, 6.45) is 6.99. The van der Waals surface area contributed by atoms with Crippen LogP contribution in [0.1, 0.15) is 12.8 Å². The average molecular weight is 151 g/mol. The number of hydrogen-bond donors (Lipinski definition) is 1. The monoisotopic (exact) mass is 151 g/mol. The largest absolute Gasteiger partial charge is 0.281 e. The predicted octanol–water partition coefficient (Wildman–Crippen LogP) is 1.07. The van der Waals surface area contributed by atoms with Crippen molar-refractivity contribution in [3.63, 3.8) is 0 Å². The SMILES string of the molecule is O=C1CC2CC=CC=C2N1O. The van der Waals surface area contributed by atoms with Gasteiger partial charge in [-0.3, -0.25) is 10.0 Å². The maximum absolute atomic E-state index is 10.9. The van der Waals surface area contributed by atoms with Crippen molar-refractivity contribution in [2.24, 2.45) is 5.92 Å². The van der Waals surface area contributed by atoms with E-state index in [9.17, 15) is 10.0 Å². The molecule has 1 amide bonds. The zero-order valence-corrected chi connectivity index (χ0v) is 6.03. The third kappa shape index (κ3) is 0.886. The number of fused-ring (bicyclic) bond motifs is 1. The van der Waals surface area contributed by atoms with Crippen molar-refractivity contribution in [1.82, 2.24) is 5.06 Å². The lowest BCUT2D eigenvalue weighted by Crippen LogP contribution is -2.18. The molecule has 1 unspecified atom stereocenters. The summed E-state index contributed by atoms with van der Waals surface area (Å²) in [4.78, 5) is 10.9. The van der Waals surface area contributed by atoms with E-state index >= 15 is 0 Å². The minimum absolute atomic E-state index is 0.190. The summed E-state index contributed by atoms with van der Waals surface area (Å²) in [6.45, 7) is 0. The fourth-order valence-corrected chi connectivity index (χ4v) is 1.54. The maximum Gasteiger partial charge on any atom is 0.251 e. The molecule has 1 heterocycles. The smallest absolute Gasteiger partial charge is 0.251 e. The zero-order chi connectivity index (χ0) is 7.84. The van der Waals surface area contributed by atoms with E-state index in [1.807, 2.05) is 12.2 Å². The van der Waals surface area contributed by atoms with E-state index in [1.54, 1.807) is 6.08 Å². The molecule has 2 aliphatic rings. The normalized spacial score (nSPS) is 28.8. The maximum atomic E-state index is 10.9. The van der Waals surface area contributed by atoms with Crippen LogP contribution in [0.4, 0.5) is 0 Å². The molecule has 0 radical (unpaired) electrons. The molecule has 1 aliphatic carbocycles. The summed E-state index contributed by atoms with van der Waals surface area (Å²) in [6, 6.07) is 0. The molecule has 1 fully saturated rings. The molecule has 3 nitrogen and oxygen atoms in total. The lowest BCUT2D eigenvalue weighted by Gasteiger charge is -2.14. The van der Waals surface area contributed by atoms with Crippen LogP contribution in [0.15, 0.2) is 23.9 Å². The van der Waals surface area contributed by atoms with Gasteiger partial charge in [0, 0.05) is 12.3 Å². The first-order chi connectivity index (χ1) is 5.29. The molecule has 2 rings (SSSR count). The predicted molar refractivity (Wildman–Crippen MR) is 38.6 cm³/mol. The number of nitrogens with zero attached hydrogens (tertiary/aromatic N) is 1. The summed E-state index contributed by atoms with van der Waals surface area (Å²) in [5.41, 5.74) is 0.748. The number of rotatable bonds is 0. The molecule has 0 aromatic heterocycles. The van der Waals surface area contributed by atoms with Crippen molar-refractivity contribution < 1.29 is 10.0 Å². The van der Waals surface area contributed by atoms with Crippen LogP contribution in [0.3, 0.4) is 0 Å². The van der Waals surface area contributed by atoms with E-state index in [-0.39, 0.29) is 11.8 Å². The topological polar surface area (TPSA) is 40.5 Å². The Balaban J connectivity index is 2.32. The van der Waals surface area contributed by atoms with Gasteiger partial charge in [-0.25, -0.2) is 0 Å². The third-order valence-electron chi connectivity index (χ3n) is 2.14. The highest BCUT2D eigenvalue weighted by molar-refractivity contribution is 5.80. The molecule has 0 saturated carbocycles. The van der Waals surface area contributed by atoms with Gasteiger partial charge in [0.25, 0.3) is 5.91 Å². The van der Waals surface area contributed by atoms with Crippen molar-refractivity contribution in [3.05, 3.63) is 23.9 Å². The van der Waals surface area contributed by atoms with E-state index in [1.165, 1.54) is 0 Å². The van der Waals surface area contributed by atoms with Gasteiger partial charge >= 0.3 is 0 Å². The highest BCUT2D eigenvalue weighted by Gasteiger charge is 2.33. The number of hydroxylamine groups is 2. The van der Waals surface area contributed by atoms with Crippen LogP contribution < -0.4 is 0 Å². The fraction of sp³-hybridized carbons (Fsp3) is 0.375. The Labute approximate surface area is 64.6 Å². The van der Waals surface area contributed by atoms with Gasteiger partial charge < -0.3 is 0 Å². The first-order valence-corrected chi connectivity index (χ1v) is 3.67. The second-order valence-electron chi connectivity index (χ2n) is 2.86. The molecule has 0 aromatic rings. The number of allylic oxidation sites excluding steroid dienone is 4. The summed E-state index contributed by atoms with van der Waals surface area (Å²) < 4.78 is 0. The van der Waals surface area contributed by atoms with Crippen molar-refractivity contribution in [3.8, 4) is 0 Å². The van der Waals surface area contributed by atoms with Crippen LogP contribution in [0.25, 0.3) is 0 Å². The molecule has 0 aromatic carbocycles. The van der Waals surface area contributed by atoms with Crippen LogP contribution in [-0.4, -0.2) is 16.2 Å². The molecule has 3 heteroatoms. The van der Waals surface area contributed by atoms with E-state index in [4.69, 9.17) is 0 Å². The molecular weight excluding hydrogens is 142 g/mol. The Kier molecular flexibility index (Phi) is 1.32. The minimum Gasteiger partial charge on any atom is -0.281 e. The first kappa shape index (κ1) is 6.61. The summed E-state index contributed by atoms with van der Waals surface area (Å²) in [5.74, 6) is 0.0300. The number of carbonyl (C=O) groups is 1. The molecular formula is C8H9NO2. The van der Waals surface area contributed by atoms with Gasteiger partial charge in [-0.15, -0.1) is 0 Å². The number of carbonyl (C=O) groups excluding carboxylic acids is 1. The molecule has 1 atom stereocenters. The van der Waals surface area contributed by atoms with E-state index < -0.39 is 0 Å².